The summed E-state index contributed by atoms with van der Waals surface area (Å²) < 4.78 is 8.99. The topological polar surface area (TPSA) is 35.3 Å². The number of rotatable bonds is 4. The number of pyridine rings is 1. The number of nitrogens with zero attached hydrogens (tertiary/aromatic N) is 2. The van der Waals surface area contributed by atoms with Gasteiger partial charge in [-0.1, -0.05) is 18.7 Å². The van der Waals surface area contributed by atoms with Crippen molar-refractivity contribution in [2.24, 2.45) is 0 Å². The van der Waals surface area contributed by atoms with Gasteiger partial charge in [-0.05, 0) is 30.3 Å². The van der Waals surface area contributed by atoms with E-state index in [4.69, 9.17) is 4.74 Å². The van der Waals surface area contributed by atoms with Crippen molar-refractivity contribution < 1.29 is 30.9 Å². The maximum atomic E-state index is 11.5. The van der Waals surface area contributed by atoms with E-state index in [2.05, 4.69) is 27.8 Å². The molecular weight excluding hydrogens is 356 g/mol. The summed E-state index contributed by atoms with van der Waals surface area (Å²) in [6.45, 7) is 4.55. The molecule has 0 bridgehead atoms. The highest BCUT2D eigenvalue weighted by atomic mass is 79.9. The molecule has 3 aromatic rings. The summed E-state index contributed by atoms with van der Waals surface area (Å²) in [5, 5.41) is 0. The normalized spacial score (nSPS) is 10.1. The fraction of sp³-hybridized carbons (Fsp3) is 0.111. The second-order valence-electron chi connectivity index (χ2n) is 4.95. The number of hydrogen-bond donors (Lipinski definition) is 0. The number of halogens is 1. The quantitative estimate of drug-likeness (QED) is 0.363. The van der Waals surface area contributed by atoms with Gasteiger partial charge in [0.2, 0.25) is 0 Å². The molecule has 0 N–H and O–H groups in total. The number of methoxy groups -OCH3 is 1. The third kappa shape index (κ3) is 3.19. The molecule has 23 heavy (non-hydrogen) atoms. The number of ether oxygens (including phenoxy) is 1. The maximum Gasteiger partial charge on any atom is 0.337 e. The monoisotopic (exact) mass is 372 g/mol. The summed E-state index contributed by atoms with van der Waals surface area (Å²) in [6.07, 6.45) is 5.96. The molecule has 0 radical (unpaired) electrons. The van der Waals surface area contributed by atoms with Crippen LogP contribution in [0.2, 0.25) is 0 Å². The molecule has 118 valence electrons. The number of aromatic nitrogens is 2. The van der Waals surface area contributed by atoms with Crippen molar-refractivity contribution in [3.05, 3.63) is 73.1 Å². The fourth-order valence-corrected chi connectivity index (χ4v) is 2.56. The third-order valence-corrected chi connectivity index (χ3v) is 3.61. The average Bonchev–Trinajstić information content (AvgIpc) is 2.93. The molecule has 0 aliphatic carbocycles. The van der Waals surface area contributed by atoms with Gasteiger partial charge >= 0.3 is 5.97 Å². The van der Waals surface area contributed by atoms with Gasteiger partial charge in [0.15, 0.2) is 5.69 Å². The summed E-state index contributed by atoms with van der Waals surface area (Å²) in [4.78, 5) is 11.5. The Morgan fingerprint density at radius 1 is 1.26 bits per heavy atom. The molecule has 5 heteroatoms. The highest BCUT2D eigenvalue weighted by molar-refractivity contribution is 5.89. The number of allylic oxidation sites excluding steroid dienone is 1. The van der Waals surface area contributed by atoms with Gasteiger partial charge in [-0.15, -0.1) is 0 Å². The first-order chi connectivity index (χ1) is 10.7. The molecular formula is C18H17BrN2O2. The van der Waals surface area contributed by atoms with Crippen molar-refractivity contribution in [3.63, 3.8) is 0 Å². The fourth-order valence-electron chi connectivity index (χ4n) is 2.56. The molecule has 4 nitrogen and oxygen atoms in total. The summed E-state index contributed by atoms with van der Waals surface area (Å²) in [5.74, 6) is -0.326. The summed E-state index contributed by atoms with van der Waals surface area (Å²) in [5.41, 5.74) is 3.75. The van der Waals surface area contributed by atoms with E-state index in [1.807, 2.05) is 36.5 Å². The Balaban J connectivity index is 0.00000192. The van der Waals surface area contributed by atoms with Gasteiger partial charge in [0.1, 0.15) is 12.7 Å². The van der Waals surface area contributed by atoms with Crippen LogP contribution in [0.25, 0.3) is 16.9 Å². The van der Waals surface area contributed by atoms with Gasteiger partial charge in [0.25, 0.3) is 5.65 Å². The molecule has 0 aliphatic rings. The zero-order valence-corrected chi connectivity index (χ0v) is 14.4. The molecule has 0 fully saturated rings. The number of carbonyl (C=O) groups excluding carboxylic acids is 1. The Bertz CT molecular complexity index is 838. The van der Waals surface area contributed by atoms with Crippen LogP contribution in [0.3, 0.4) is 0 Å². The smallest absolute Gasteiger partial charge is 0.337 e. The van der Waals surface area contributed by atoms with Gasteiger partial charge in [-0.3, -0.25) is 0 Å². The first-order valence-corrected chi connectivity index (χ1v) is 7.04. The van der Waals surface area contributed by atoms with Crippen LogP contribution < -0.4 is 21.4 Å². The van der Waals surface area contributed by atoms with E-state index in [1.54, 1.807) is 12.1 Å². The van der Waals surface area contributed by atoms with Crippen LogP contribution in [-0.4, -0.2) is 17.6 Å². The minimum Gasteiger partial charge on any atom is -1.00 e. The van der Waals surface area contributed by atoms with Crippen molar-refractivity contribution in [2.75, 3.05) is 7.11 Å². The lowest BCUT2D eigenvalue weighted by atomic mass is 10.1. The number of imidazole rings is 1. The summed E-state index contributed by atoms with van der Waals surface area (Å²) >= 11 is 0. The second kappa shape index (κ2) is 7.24. The zero-order valence-electron chi connectivity index (χ0n) is 12.8. The molecule has 0 saturated heterocycles. The van der Waals surface area contributed by atoms with Crippen LogP contribution in [0.1, 0.15) is 10.4 Å². The molecule has 0 amide bonds. The van der Waals surface area contributed by atoms with Crippen molar-refractivity contribution in [3.8, 4) is 11.3 Å². The second-order valence-corrected chi connectivity index (χ2v) is 4.95. The Kier molecular flexibility index (Phi) is 5.34. The Labute approximate surface area is 145 Å². The van der Waals surface area contributed by atoms with Gasteiger partial charge in [0.05, 0.1) is 18.9 Å². The van der Waals surface area contributed by atoms with Crippen molar-refractivity contribution >= 4 is 11.6 Å². The SMILES string of the molecule is C=CCn1c(-c2ccc(C(=O)OC)cc2)c[n+]2ccccc12.[Br-]. The first-order valence-electron chi connectivity index (χ1n) is 7.04. The van der Waals surface area contributed by atoms with Gasteiger partial charge in [0, 0.05) is 11.6 Å². The molecule has 2 heterocycles. The zero-order chi connectivity index (χ0) is 15.5. The van der Waals surface area contributed by atoms with Crippen LogP contribution in [0.4, 0.5) is 0 Å². The standard InChI is InChI=1S/C18H17N2O2.BrH/c1-3-11-20-16(13-19-12-5-4-6-17(19)20)14-7-9-15(10-8-14)18(21)22-2;/h3-10,12-13H,1,11H2,2H3;1H/q+1;/p-1. The number of fused-ring (bicyclic) bond motifs is 1. The van der Waals surface area contributed by atoms with Gasteiger partial charge < -0.3 is 21.7 Å². The Hall–Kier alpha value is -2.40. The van der Waals surface area contributed by atoms with E-state index in [0.717, 1.165) is 16.9 Å². The molecule has 0 atom stereocenters. The lowest BCUT2D eigenvalue weighted by Gasteiger charge is -2.02. The molecule has 2 aromatic heterocycles. The van der Waals surface area contributed by atoms with Crippen LogP contribution in [-0.2, 0) is 11.3 Å². The first kappa shape index (κ1) is 17.0. The van der Waals surface area contributed by atoms with Gasteiger partial charge in [-0.25, -0.2) is 13.8 Å². The largest absolute Gasteiger partial charge is 1.00 e. The number of esters is 1. The maximum absolute atomic E-state index is 11.5. The molecule has 0 saturated carbocycles. The predicted octanol–water partition coefficient (Wildman–Crippen LogP) is -0.130. The van der Waals surface area contributed by atoms with E-state index in [0.29, 0.717) is 12.1 Å². The van der Waals surface area contributed by atoms with E-state index < -0.39 is 0 Å². The molecule has 0 unspecified atom stereocenters. The molecule has 3 rings (SSSR count). The summed E-state index contributed by atoms with van der Waals surface area (Å²) in [7, 11) is 1.38. The van der Waals surface area contributed by atoms with E-state index in [9.17, 15) is 4.79 Å². The summed E-state index contributed by atoms with van der Waals surface area (Å²) in [6, 6.07) is 13.5. The minimum absolute atomic E-state index is 0. The Morgan fingerprint density at radius 3 is 2.65 bits per heavy atom. The number of benzene rings is 1. The number of carbonyl (C=O) groups is 1. The van der Waals surface area contributed by atoms with Crippen LogP contribution in [0, 0.1) is 0 Å². The molecule has 1 aromatic carbocycles. The molecule has 0 spiro atoms. The van der Waals surface area contributed by atoms with Crippen LogP contribution in [0.15, 0.2) is 67.5 Å². The highest BCUT2D eigenvalue weighted by Crippen LogP contribution is 2.21. The average molecular weight is 373 g/mol. The highest BCUT2D eigenvalue weighted by Gasteiger charge is 2.18. The molecule has 0 aliphatic heterocycles. The lowest BCUT2D eigenvalue weighted by molar-refractivity contribution is -0.510. The predicted molar refractivity (Wildman–Crippen MR) is 84.6 cm³/mol. The van der Waals surface area contributed by atoms with E-state index in [-0.39, 0.29) is 23.0 Å². The van der Waals surface area contributed by atoms with Crippen LogP contribution >= 0.6 is 0 Å². The van der Waals surface area contributed by atoms with Crippen molar-refractivity contribution in [2.45, 2.75) is 6.54 Å². The Morgan fingerprint density at radius 2 is 2.00 bits per heavy atom. The minimum atomic E-state index is -0.326. The van der Waals surface area contributed by atoms with E-state index >= 15 is 0 Å². The van der Waals surface area contributed by atoms with Crippen LogP contribution in [0.5, 0.6) is 0 Å². The number of hydrogen-bond acceptors (Lipinski definition) is 2. The van der Waals surface area contributed by atoms with Crippen molar-refractivity contribution in [1.29, 1.82) is 0 Å². The van der Waals surface area contributed by atoms with Gasteiger partial charge in [-0.2, -0.15) is 0 Å². The third-order valence-electron chi connectivity index (χ3n) is 3.61. The lowest BCUT2D eigenvalue weighted by Crippen LogP contribution is -3.00. The van der Waals surface area contributed by atoms with Crippen molar-refractivity contribution in [1.82, 2.24) is 4.57 Å². The van der Waals surface area contributed by atoms with E-state index in [1.165, 1.54) is 7.11 Å².